The molecule has 0 aromatic carbocycles. The molecule has 92 valence electrons. The van der Waals surface area contributed by atoms with Crippen molar-refractivity contribution in [3.8, 4) is 0 Å². The van der Waals surface area contributed by atoms with Gasteiger partial charge in [-0.25, -0.2) is 0 Å². The van der Waals surface area contributed by atoms with E-state index in [9.17, 15) is 4.79 Å². The van der Waals surface area contributed by atoms with E-state index in [2.05, 4.69) is 10.2 Å². The van der Waals surface area contributed by atoms with Gasteiger partial charge in [-0.05, 0) is 20.8 Å². The van der Waals surface area contributed by atoms with Crippen LogP contribution in [0.15, 0.2) is 0 Å². The maximum atomic E-state index is 11.2. The zero-order valence-electron chi connectivity index (χ0n) is 11.2. The molecule has 0 spiro atoms. The van der Waals surface area contributed by atoms with E-state index in [1.165, 1.54) is 0 Å². The summed E-state index contributed by atoms with van der Waals surface area (Å²) in [5, 5.41) is 7.02. The zero-order chi connectivity index (χ0) is 12.7. The second-order valence-corrected chi connectivity index (χ2v) is 3.45. The first-order valence-corrected chi connectivity index (χ1v) is 5.82. The number of carbonyl (C=O) groups is 1. The van der Waals surface area contributed by atoms with Gasteiger partial charge in [-0.2, -0.15) is 5.10 Å². The number of aromatic amines is 1. The normalized spacial score (nSPS) is 9.38. The molecule has 1 heterocycles. The summed E-state index contributed by atoms with van der Waals surface area (Å²) in [6, 6.07) is 0. The maximum Gasteiger partial charge on any atom is 0.219 e. The smallest absolute Gasteiger partial charge is 0.219 e. The molecule has 1 aromatic heterocycles. The van der Waals surface area contributed by atoms with E-state index >= 15 is 0 Å². The van der Waals surface area contributed by atoms with Crippen molar-refractivity contribution in [2.75, 3.05) is 6.54 Å². The van der Waals surface area contributed by atoms with E-state index in [4.69, 9.17) is 0 Å². The number of nitrogens with one attached hydrogen (secondary N) is 1. The van der Waals surface area contributed by atoms with Crippen molar-refractivity contribution in [3.63, 3.8) is 0 Å². The van der Waals surface area contributed by atoms with Crippen LogP contribution in [0.5, 0.6) is 0 Å². The summed E-state index contributed by atoms with van der Waals surface area (Å²) >= 11 is 0. The Bertz CT molecular complexity index is 312. The number of amides is 1. The van der Waals surface area contributed by atoms with Gasteiger partial charge < -0.3 is 4.90 Å². The quantitative estimate of drug-likeness (QED) is 0.858. The Labute approximate surface area is 98.0 Å². The fourth-order valence-corrected chi connectivity index (χ4v) is 1.44. The summed E-state index contributed by atoms with van der Waals surface area (Å²) in [6.45, 7) is 12.9. The molecule has 0 saturated carbocycles. The Kier molecular flexibility index (Phi) is 6.46. The van der Waals surface area contributed by atoms with Gasteiger partial charge in [0.05, 0.1) is 5.69 Å². The lowest BCUT2D eigenvalue weighted by Crippen LogP contribution is -2.28. The summed E-state index contributed by atoms with van der Waals surface area (Å²) in [6.07, 6.45) is 0. The number of aromatic nitrogens is 2. The lowest BCUT2D eigenvalue weighted by molar-refractivity contribution is -0.129. The molecule has 0 aliphatic carbocycles. The maximum absolute atomic E-state index is 11.2. The number of aryl methyl sites for hydroxylation is 2. The van der Waals surface area contributed by atoms with Gasteiger partial charge in [0.25, 0.3) is 0 Å². The topological polar surface area (TPSA) is 49.0 Å². The van der Waals surface area contributed by atoms with Crippen LogP contribution >= 0.6 is 0 Å². The Balaban J connectivity index is 0.00000106. The number of hydrogen-bond acceptors (Lipinski definition) is 2. The van der Waals surface area contributed by atoms with Crippen LogP contribution < -0.4 is 0 Å². The van der Waals surface area contributed by atoms with Crippen LogP contribution in [0.1, 0.15) is 44.6 Å². The zero-order valence-corrected chi connectivity index (χ0v) is 11.2. The van der Waals surface area contributed by atoms with Gasteiger partial charge >= 0.3 is 0 Å². The Morgan fingerprint density at radius 3 is 2.25 bits per heavy atom. The molecule has 0 radical (unpaired) electrons. The first-order chi connectivity index (χ1) is 7.56. The molecule has 1 N–H and O–H groups in total. The minimum Gasteiger partial charge on any atom is -0.339 e. The highest BCUT2D eigenvalue weighted by atomic mass is 16.2. The molecule has 0 aliphatic rings. The van der Waals surface area contributed by atoms with Crippen molar-refractivity contribution in [1.29, 1.82) is 0 Å². The molecule has 0 saturated heterocycles. The van der Waals surface area contributed by atoms with Crippen molar-refractivity contribution < 1.29 is 4.79 Å². The predicted molar refractivity (Wildman–Crippen MR) is 66.2 cm³/mol. The van der Waals surface area contributed by atoms with Crippen molar-refractivity contribution in [2.45, 2.75) is 48.1 Å². The summed E-state index contributed by atoms with van der Waals surface area (Å²) in [4.78, 5) is 13.0. The van der Waals surface area contributed by atoms with E-state index in [0.29, 0.717) is 6.54 Å². The second-order valence-electron chi connectivity index (χ2n) is 3.45. The van der Waals surface area contributed by atoms with Crippen LogP contribution in [0.4, 0.5) is 0 Å². The lowest BCUT2D eigenvalue weighted by atomic mass is 10.2. The largest absolute Gasteiger partial charge is 0.339 e. The fourth-order valence-electron chi connectivity index (χ4n) is 1.44. The van der Waals surface area contributed by atoms with Crippen molar-refractivity contribution in [2.24, 2.45) is 0 Å². The molecule has 0 fully saturated rings. The minimum absolute atomic E-state index is 0.104. The van der Waals surface area contributed by atoms with Gasteiger partial charge in [-0.3, -0.25) is 9.89 Å². The van der Waals surface area contributed by atoms with Crippen molar-refractivity contribution >= 4 is 5.91 Å². The average Bonchev–Trinajstić information content (AvgIpc) is 2.58. The van der Waals surface area contributed by atoms with Gasteiger partial charge in [0.2, 0.25) is 5.91 Å². The SMILES string of the molecule is CC.CCN(Cc1c(C)n[nH]c1C)C(C)=O. The van der Waals surface area contributed by atoms with E-state index in [1.807, 2.05) is 34.6 Å². The highest BCUT2D eigenvalue weighted by Crippen LogP contribution is 2.12. The van der Waals surface area contributed by atoms with Gasteiger partial charge in [0.1, 0.15) is 0 Å². The number of hydrogen-bond donors (Lipinski definition) is 1. The molecule has 4 heteroatoms. The number of carbonyl (C=O) groups excluding carboxylic acids is 1. The van der Waals surface area contributed by atoms with E-state index in [0.717, 1.165) is 23.5 Å². The molecule has 1 aromatic rings. The molecular weight excluding hydrogens is 202 g/mol. The Hall–Kier alpha value is -1.32. The molecule has 16 heavy (non-hydrogen) atoms. The fraction of sp³-hybridized carbons (Fsp3) is 0.667. The summed E-state index contributed by atoms with van der Waals surface area (Å²) in [7, 11) is 0. The van der Waals surface area contributed by atoms with Gasteiger partial charge in [-0.1, -0.05) is 13.8 Å². The summed E-state index contributed by atoms with van der Waals surface area (Å²) in [5.41, 5.74) is 3.14. The van der Waals surface area contributed by atoms with E-state index in [1.54, 1.807) is 11.8 Å². The molecule has 0 bridgehead atoms. The molecular formula is C12H23N3O. The molecule has 0 unspecified atom stereocenters. The molecule has 4 nitrogen and oxygen atoms in total. The summed E-state index contributed by atoms with van der Waals surface area (Å²) < 4.78 is 0. The van der Waals surface area contributed by atoms with Gasteiger partial charge in [-0.15, -0.1) is 0 Å². The number of H-pyrrole nitrogens is 1. The third-order valence-corrected chi connectivity index (χ3v) is 2.46. The van der Waals surface area contributed by atoms with E-state index < -0.39 is 0 Å². The molecule has 1 amide bonds. The van der Waals surface area contributed by atoms with Crippen LogP contribution in [0.3, 0.4) is 0 Å². The lowest BCUT2D eigenvalue weighted by Gasteiger charge is -2.18. The van der Waals surface area contributed by atoms with Crippen LogP contribution in [-0.2, 0) is 11.3 Å². The molecule has 0 atom stereocenters. The highest BCUT2D eigenvalue weighted by molar-refractivity contribution is 5.73. The molecule has 0 aliphatic heterocycles. The first kappa shape index (κ1) is 14.7. The number of nitrogens with zero attached hydrogens (tertiary/aromatic N) is 2. The van der Waals surface area contributed by atoms with Crippen molar-refractivity contribution in [3.05, 3.63) is 17.0 Å². The monoisotopic (exact) mass is 225 g/mol. The third kappa shape index (κ3) is 3.68. The predicted octanol–water partition coefficient (Wildman–Crippen LogP) is 2.42. The van der Waals surface area contributed by atoms with Crippen LogP contribution in [0.2, 0.25) is 0 Å². The minimum atomic E-state index is 0.104. The average molecular weight is 225 g/mol. The second kappa shape index (κ2) is 7.04. The third-order valence-electron chi connectivity index (χ3n) is 2.46. The Morgan fingerprint density at radius 2 is 1.94 bits per heavy atom. The standard InChI is InChI=1S/C10H17N3O.C2H6/c1-5-13(9(4)14)6-10-7(2)11-12-8(10)3;1-2/h5-6H2,1-4H3,(H,11,12);1-2H3. The summed E-state index contributed by atoms with van der Waals surface area (Å²) in [5.74, 6) is 0.104. The van der Waals surface area contributed by atoms with Gasteiger partial charge in [0, 0.05) is 31.3 Å². The van der Waals surface area contributed by atoms with Crippen molar-refractivity contribution in [1.82, 2.24) is 15.1 Å². The van der Waals surface area contributed by atoms with Gasteiger partial charge in [0.15, 0.2) is 0 Å². The molecule has 1 rings (SSSR count). The van der Waals surface area contributed by atoms with Crippen LogP contribution in [-0.4, -0.2) is 27.5 Å². The van der Waals surface area contributed by atoms with Crippen LogP contribution in [0, 0.1) is 13.8 Å². The number of rotatable bonds is 3. The van der Waals surface area contributed by atoms with E-state index in [-0.39, 0.29) is 5.91 Å². The van der Waals surface area contributed by atoms with Crippen LogP contribution in [0.25, 0.3) is 0 Å². The highest BCUT2D eigenvalue weighted by Gasteiger charge is 2.12. The Morgan fingerprint density at radius 1 is 1.38 bits per heavy atom. The first-order valence-electron chi connectivity index (χ1n) is 5.82.